The van der Waals surface area contributed by atoms with Crippen molar-refractivity contribution in [3.8, 4) is 11.5 Å². The van der Waals surface area contributed by atoms with Gasteiger partial charge in [-0.15, -0.1) is 0 Å². The van der Waals surface area contributed by atoms with Gasteiger partial charge >= 0.3 is 5.69 Å². The van der Waals surface area contributed by atoms with Gasteiger partial charge in [-0.05, 0) is 36.6 Å². The van der Waals surface area contributed by atoms with Gasteiger partial charge in [-0.3, -0.25) is 14.9 Å². The summed E-state index contributed by atoms with van der Waals surface area (Å²) in [5.74, 6) is -0.930. The number of rotatable bonds is 6. The summed E-state index contributed by atoms with van der Waals surface area (Å²) >= 11 is 0. The zero-order valence-corrected chi connectivity index (χ0v) is 14.6. The molecule has 2 N–H and O–H groups in total. The molecule has 2 aromatic carbocycles. The monoisotopic (exact) mass is 357 g/mol. The normalized spacial score (nSPS) is 10.7. The largest absolute Gasteiger partial charge is 0.500 e. The Balaban J connectivity index is 2.07. The quantitative estimate of drug-likeness (QED) is 0.468. The second-order valence-corrected chi connectivity index (χ2v) is 5.74. The Morgan fingerprint density at radius 3 is 2.65 bits per heavy atom. The van der Waals surface area contributed by atoms with Crippen LogP contribution in [-0.2, 0) is 11.2 Å². The number of methoxy groups -OCH3 is 1. The van der Waals surface area contributed by atoms with Crippen LogP contribution < -0.4 is 10.2 Å². The van der Waals surface area contributed by atoms with E-state index in [1.54, 1.807) is 0 Å². The zero-order valence-electron chi connectivity index (χ0n) is 14.6. The standard InChI is InChI=1S/C18H19N3O5/c1-11-4-5-13(6-12(11)2)9-17(22)20-19-10-14-7-15(21(24)25)18(23)16(8-14)26-3/h4-8,10,23H,9H2,1-3H3,(H,20,22)/b19-10+. The molecule has 0 aliphatic heterocycles. The molecule has 0 radical (unpaired) electrons. The summed E-state index contributed by atoms with van der Waals surface area (Å²) in [5.41, 5.74) is 5.28. The number of hydrazone groups is 1. The van der Waals surface area contributed by atoms with Crippen molar-refractivity contribution in [2.45, 2.75) is 20.3 Å². The molecule has 136 valence electrons. The number of nitrogens with one attached hydrogen (secondary N) is 1. The number of carbonyl (C=O) groups is 1. The molecule has 0 aliphatic carbocycles. The SMILES string of the molecule is COc1cc(/C=N/NC(=O)Cc2ccc(C)c(C)c2)cc([N+](=O)[O-])c1O. The van der Waals surface area contributed by atoms with Gasteiger partial charge in [-0.25, -0.2) is 5.43 Å². The number of carbonyl (C=O) groups excluding carboxylic acids is 1. The highest BCUT2D eigenvalue weighted by Crippen LogP contribution is 2.36. The molecule has 1 amide bonds. The number of hydrogen-bond donors (Lipinski definition) is 2. The maximum Gasteiger partial charge on any atom is 0.315 e. The van der Waals surface area contributed by atoms with Gasteiger partial charge < -0.3 is 9.84 Å². The van der Waals surface area contributed by atoms with E-state index in [-0.39, 0.29) is 18.1 Å². The lowest BCUT2D eigenvalue weighted by molar-refractivity contribution is -0.386. The molecular formula is C18H19N3O5. The molecule has 0 fully saturated rings. The molecule has 8 heteroatoms. The Kier molecular flexibility index (Phi) is 5.90. The van der Waals surface area contributed by atoms with Gasteiger partial charge in [-0.1, -0.05) is 18.2 Å². The minimum Gasteiger partial charge on any atom is -0.500 e. The predicted molar refractivity (Wildman–Crippen MR) is 96.7 cm³/mol. The van der Waals surface area contributed by atoms with Crippen molar-refractivity contribution in [2.24, 2.45) is 5.10 Å². The highest BCUT2D eigenvalue weighted by Gasteiger charge is 2.19. The van der Waals surface area contributed by atoms with E-state index >= 15 is 0 Å². The van der Waals surface area contributed by atoms with E-state index in [0.717, 1.165) is 22.8 Å². The number of ether oxygens (including phenoxy) is 1. The highest BCUT2D eigenvalue weighted by atomic mass is 16.6. The average Bonchev–Trinajstić information content (AvgIpc) is 2.59. The van der Waals surface area contributed by atoms with Crippen molar-refractivity contribution in [1.29, 1.82) is 0 Å². The molecule has 8 nitrogen and oxygen atoms in total. The first-order valence-corrected chi connectivity index (χ1v) is 7.75. The second-order valence-electron chi connectivity index (χ2n) is 5.74. The van der Waals surface area contributed by atoms with Crippen LogP contribution >= 0.6 is 0 Å². The van der Waals surface area contributed by atoms with Crippen LogP contribution in [0.25, 0.3) is 0 Å². The number of phenols is 1. The number of nitro groups is 1. The topological polar surface area (TPSA) is 114 Å². The first-order chi connectivity index (χ1) is 12.3. The van der Waals surface area contributed by atoms with Crippen LogP contribution in [0.1, 0.15) is 22.3 Å². The lowest BCUT2D eigenvalue weighted by Crippen LogP contribution is -2.19. The van der Waals surface area contributed by atoms with Crippen LogP contribution in [0.3, 0.4) is 0 Å². The first-order valence-electron chi connectivity index (χ1n) is 7.75. The Labute approximate surface area is 150 Å². The number of amides is 1. The number of nitrogens with zero attached hydrogens (tertiary/aromatic N) is 2. The van der Waals surface area contributed by atoms with Crippen LogP contribution in [0.4, 0.5) is 5.69 Å². The lowest BCUT2D eigenvalue weighted by atomic mass is 10.0. The Hall–Kier alpha value is -3.42. The summed E-state index contributed by atoms with van der Waals surface area (Å²) in [6, 6.07) is 8.27. The van der Waals surface area contributed by atoms with E-state index in [0.29, 0.717) is 5.56 Å². The van der Waals surface area contributed by atoms with Crippen molar-refractivity contribution < 1.29 is 19.6 Å². The molecule has 0 heterocycles. The molecule has 0 saturated carbocycles. The lowest BCUT2D eigenvalue weighted by Gasteiger charge is -2.05. The summed E-state index contributed by atoms with van der Waals surface area (Å²) in [5, 5.41) is 24.5. The fourth-order valence-corrected chi connectivity index (χ4v) is 2.30. The third kappa shape index (κ3) is 4.56. The molecule has 0 aliphatic rings. The summed E-state index contributed by atoms with van der Waals surface area (Å²) in [6.45, 7) is 3.97. The average molecular weight is 357 g/mol. The third-order valence-electron chi connectivity index (χ3n) is 3.83. The molecule has 2 aromatic rings. The molecule has 0 bridgehead atoms. The molecular weight excluding hydrogens is 338 g/mol. The molecule has 0 aromatic heterocycles. The fraction of sp³-hybridized carbons (Fsp3) is 0.222. The number of benzene rings is 2. The maximum atomic E-state index is 12.0. The van der Waals surface area contributed by atoms with Crippen molar-refractivity contribution in [1.82, 2.24) is 5.43 Å². The van der Waals surface area contributed by atoms with Gasteiger partial charge in [0.15, 0.2) is 5.75 Å². The summed E-state index contributed by atoms with van der Waals surface area (Å²) < 4.78 is 4.90. The van der Waals surface area contributed by atoms with Crippen molar-refractivity contribution >= 4 is 17.8 Å². The van der Waals surface area contributed by atoms with Gasteiger partial charge in [0.2, 0.25) is 11.7 Å². The second kappa shape index (κ2) is 8.11. The van der Waals surface area contributed by atoms with Gasteiger partial charge in [0, 0.05) is 11.6 Å². The minimum absolute atomic E-state index is 0.0536. The van der Waals surface area contributed by atoms with E-state index in [9.17, 15) is 20.0 Å². The van der Waals surface area contributed by atoms with Crippen molar-refractivity contribution in [2.75, 3.05) is 7.11 Å². The summed E-state index contributed by atoms with van der Waals surface area (Å²) in [6.07, 6.45) is 1.41. The van der Waals surface area contributed by atoms with Crippen LogP contribution in [-0.4, -0.2) is 29.3 Å². The number of phenolic OH excluding ortho intramolecular Hbond substituents is 1. The molecule has 26 heavy (non-hydrogen) atoms. The van der Waals surface area contributed by atoms with E-state index < -0.39 is 16.4 Å². The molecule has 0 spiro atoms. The van der Waals surface area contributed by atoms with Crippen LogP contribution in [0.15, 0.2) is 35.4 Å². The molecule has 0 atom stereocenters. The predicted octanol–water partition coefficient (Wildman–Crippen LogP) is 2.62. The first kappa shape index (κ1) is 18.9. The number of hydrogen-bond acceptors (Lipinski definition) is 6. The maximum absolute atomic E-state index is 12.0. The third-order valence-corrected chi connectivity index (χ3v) is 3.83. The van der Waals surface area contributed by atoms with Gasteiger partial charge in [-0.2, -0.15) is 5.10 Å². The molecule has 0 saturated heterocycles. The molecule has 2 rings (SSSR count). The van der Waals surface area contributed by atoms with Crippen LogP contribution in [0, 0.1) is 24.0 Å². The summed E-state index contributed by atoms with van der Waals surface area (Å²) in [7, 11) is 1.28. The van der Waals surface area contributed by atoms with Gasteiger partial charge in [0.25, 0.3) is 0 Å². The van der Waals surface area contributed by atoms with Crippen LogP contribution in [0.5, 0.6) is 11.5 Å². The smallest absolute Gasteiger partial charge is 0.315 e. The number of aromatic hydroxyl groups is 1. The Morgan fingerprint density at radius 1 is 1.31 bits per heavy atom. The Bertz CT molecular complexity index is 877. The van der Waals surface area contributed by atoms with Gasteiger partial charge in [0.05, 0.1) is 24.7 Å². The number of aryl methyl sites for hydroxylation is 2. The zero-order chi connectivity index (χ0) is 19.3. The fourth-order valence-electron chi connectivity index (χ4n) is 2.30. The Morgan fingerprint density at radius 2 is 2.04 bits per heavy atom. The van der Waals surface area contributed by atoms with Gasteiger partial charge in [0.1, 0.15) is 0 Å². The minimum atomic E-state index is -0.729. The van der Waals surface area contributed by atoms with Crippen molar-refractivity contribution in [3.05, 3.63) is 62.7 Å². The van der Waals surface area contributed by atoms with Crippen molar-refractivity contribution in [3.63, 3.8) is 0 Å². The van der Waals surface area contributed by atoms with E-state index in [1.807, 2.05) is 32.0 Å². The molecule has 0 unspecified atom stereocenters. The van der Waals surface area contributed by atoms with Crippen LogP contribution in [0.2, 0.25) is 0 Å². The van der Waals surface area contributed by atoms with E-state index in [1.165, 1.54) is 19.4 Å². The highest BCUT2D eigenvalue weighted by molar-refractivity contribution is 5.85. The summed E-state index contributed by atoms with van der Waals surface area (Å²) in [4.78, 5) is 22.2. The van der Waals surface area contributed by atoms with E-state index in [4.69, 9.17) is 4.74 Å². The number of nitro benzene ring substituents is 1. The van der Waals surface area contributed by atoms with E-state index in [2.05, 4.69) is 10.5 Å².